The van der Waals surface area contributed by atoms with Crippen LogP contribution in [0.3, 0.4) is 0 Å². The van der Waals surface area contributed by atoms with Crippen LogP contribution < -0.4 is 10.1 Å². The van der Waals surface area contributed by atoms with Crippen LogP contribution >= 0.6 is 0 Å². The van der Waals surface area contributed by atoms with E-state index in [0.29, 0.717) is 6.10 Å². The first kappa shape index (κ1) is 22.7. The Kier molecular flexibility index (Phi) is 9.56. The molecule has 1 saturated carbocycles. The lowest BCUT2D eigenvalue weighted by atomic mass is 9.97. The number of ether oxygens (including phenoxy) is 2. The summed E-state index contributed by atoms with van der Waals surface area (Å²) < 4.78 is 12.3. The number of anilines is 1. The van der Waals surface area contributed by atoms with Gasteiger partial charge in [-0.25, -0.2) is 0 Å². The van der Waals surface area contributed by atoms with Crippen LogP contribution in [-0.4, -0.2) is 20.3 Å². The molecule has 1 fully saturated rings. The van der Waals surface area contributed by atoms with Crippen molar-refractivity contribution in [3.63, 3.8) is 0 Å². The summed E-state index contributed by atoms with van der Waals surface area (Å²) in [4.78, 5) is 0. The zero-order valence-electron chi connectivity index (χ0n) is 18.9. The van der Waals surface area contributed by atoms with E-state index >= 15 is 0 Å². The summed E-state index contributed by atoms with van der Waals surface area (Å²) in [5.41, 5.74) is 3.52. The quantitative estimate of drug-likeness (QED) is 0.535. The van der Waals surface area contributed by atoms with Crippen LogP contribution in [0.4, 0.5) is 5.69 Å². The largest absolute Gasteiger partial charge is 0.497 e. The lowest BCUT2D eigenvalue weighted by molar-refractivity contribution is -0.00382. The van der Waals surface area contributed by atoms with Gasteiger partial charge >= 0.3 is 0 Å². The number of rotatable bonds is 6. The van der Waals surface area contributed by atoms with Crippen molar-refractivity contribution < 1.29 is 9.47 Å². The van der Waals surface area contributed by atoms with Crippen LogP contribution in [0.5, 0.6) is 5.75 Å². The Morgan fingerprint density at radius 2 is 1.33 bits per heavy atom. The summed E-state index contributed by atoms with van der Waals surface area (Å²) in [7, 11) is 3.70. The van der Waals surface area contributed by atoms with Crippen molar-refractivity contribution in [3.05, 3.63) is 59.7 Å². The molecule has 0 amide bonds. The van der Waals surface area contributed by atoms with Gasteiger partial charge in [-0.3, -0.25) is 0 Å². The third-order valence-corrected chi connectivity index (χ3v) is 6.31. The Labute approximate surface area is 183 Å². The standard InChI is InChI=1S/C27H39NO2/c1-28-26-17-13-12-16-25(26)27(22-18-20-23(29-2)21-19-22)30-24-14-10-8-6-4-3-5-7-9-11-15-24/h12-13,16-21,24,27-28H,3-11,14-15H2,1-2H3/t27-/m0/s1. The van der Waals surface area contributed by atoms with E-state index in [4.69, 9.17) is 9.47 Å². The molecular weight excluding hydrogens is 370 g/mol. The van der Waals surface area contributed by atoms with E-state index in [0.717, 1.165) is 24.3 Å². The molecule has 164 valence electrons. The van der Waals surface area contributed by atoms with E-state index in [-0.39, 0.29) is 6.10 Å². The summed E-state index contributed by atoms with van der Waals surface area (Å²) in [6.45, 7) is 0. The molecule has 0 aromatic heterocycles. The van der Waals surface area contributed by atoms with E-state index in [9.17, 15) is 0 Å². The first-order chi connectivity index (χ1) is 14.8. The molecule has 3 rings (SSSR count). The van der Waals surface area contributed by atoms with Crippen molar-refractivity contribution in [2.75, 3.05) is 19.5 Å². The number of para-hydroxylation sites is 1. The molecule has 0 saturated heterocycles. The van der Waals surface area contributed by atoms with Crippen LogP contribution in [-0.2, 0) is 4.74 Å². The topological polar surface area (TPSA) is 30.5 Å². The van der Waals surface area contributed by atoms with Crippen molar-refractivity contribution in [1.29, 1.82) is 0 Å². The van der Waals surface area contributed by atoms with Gasteiger partial charge in [0.15, 0.2) is 0 Å². The maximum atomic E-state index is 6.90. The van der Waals surface area contributed by atoms with E-state index < -0.39 is 0 Å². The van der Waals surface area contributed by atoms with Crippen LogP contribution in [0.1, 0.15) is 87.9 Å². The van der Waals surface area contributed by atoms with E-state index in [1.807, 2.05) is 19.2 Å². The predicted molar refractivity (Wildman–Crippen MR) is 126 cm³/mol. The number of methoxy groups -OCH3 is 1. The SMILES string of the molecule is CNc1ccccc1[C@@H](OC1CCCCCCCCCCC1)c1ccc(OC)cc1. The Balaban J connectivity index is 1.82. The highest BCUT2D eigenvalue weighted by Crippen LogP contribution is 2.35. The number of hydrogen-bond donors (Lipinski definition) is 1. The molecule has 1 atom stereocenters. The second kappa shape index (κ2) is 12.6. The van der Waals surface area contributed by atoms with E-state index in [1.54, 1.807) is 7.11 Å². The molecule has 2 aromatic carbocycles. The molecule has 3 nitrogen and oxygen atoms in total. The average Bonchev–Trinajstić information content (AvgIpc) is 2.79. The second-order valence-electron chi connectivity index (χ2n) is 8.51. The van der Waals surface area contributed by atoms with Gasteiger partial charge in [0.25, 0.3) is 0 Å². The summed E-state index contributed by atoms with van der Waals surface area (Å²) in [6, 6.07) is 16.9. The number of hydrogen-bond acceptors (Lipinski definition) is 3. The highest BCUT2D eigenvalue weighted by Gasteiger charge is 2.22. The van der Waals surface area contributed by atoms with Crippen LogP contribution in [0.2, 0.25) is 0 Å². The maximum Gasteiger partial charge on any atom is 0.118 e. The van der Waals surface area contributed by atoms with Gasteiger partial charge in [0.2, 0.25) is 0 Å². The zero-order chi connectivity index (χ0) is 21.0. The highest BCUT2D eigenvalue weighted by atomic mass is 16.5. The molecule has 0 radical (unpaired) electrons. The summed E-state index contributed by atoms with van der Waals surface area (Å²) in [5, 5.41) is 3.36. The molecule has 1 aliphatic carbocycles. The summed E-state index contributed by atoms with van der Waals surface area (Å²) in [5.74, 6) is 0.880. The molecule has 2 aromatic rings. The highest BCUT2D eigenvalue weighted by molar-refractivity contribution is 5.54. The Morgan fingerprint density at radius 1 is 0.767 bits per heavy atom. The second-order valence-corrected chi connectivity index (χ2v) is 8.51. The zero-order valence-corrected chi connectivity index (χ0v) is 18.9. The van der Waals surface area contributed by atoms with Crippen molar-refractivity contribution in [1.82, 2.24) is 0 Å². The minimum atomic E-state index is -0.0718. The van der Waals surface area contributed by atoms with Gasteiger partial charge in [-0.05, 0) is 36.6 Å². The molecule has 30 heavy (non-hydrogen) atoms. The first-order valence-electron chi connectivity index (χ1n) is 11.9. The van der Waals surface area contributed by atoms with Gasteiger partial charge < -0.3 is 14.8 Å². The van der Waals surface area contributed by atoms with E-state index in [2.05, 4.69) is 41.7 Å². The minimum Gasteiger partial charge on any atom is -0.497 e. The average molecular weight is 410 g/mol. The van der Waals surface area contributed by atoms with Crippen molar-refractivity contribution in [2.45, 2.75) is 82.8 Å². The van der Waals surface area contributed by atoms with Crippen LogP contribution in [0.15, 0.2) is 48.5 Å². The van der Waals surface area contributed by atoms with Crippen molar-refractivity contribution in [2.24, 2.45) is 0 Å². The molecule has 0 spiro atoms. The fourth-order valence-electron chi connectivity index (χ4n) is 4.52. The van der Waals surface area contributed by atoms with Gasteiger partial charge in [0.05, 0.1) is 13.2 Å². The van der Waals surface area contributed by atoms with Crippen molar-refractivity contribution in [3.8, 4) is 5.75 Å². The number of nitrogens with one attached hydrogen (secondary N) is 1. The maximum absolute atomic E-state index is 6.90. The van der Waals surface area contributed by atoms with Gasteiger partial charge in [0, 0.05) is 18.3 Å². The van der Waals surface area contributed by atoms with E-state index in [1.165, 1.54) is 68.9 Å². The molecule has 0 unspecified atom stereocenters. The van der Waals surface area contributed by atoms with Gasteiger partial charge in [-0.2, -0.15) is 0 Å². The Hall–Kier alpha value is -2.00. The third kappa shape index (κ3) is 6.77. The Bertz CT molecular complexity index is 716. The minimum absolute atomic E-state index is 0.0718. The van der Waals surface area contributed by atoms with Crippen LogP contribution in [0, 0.1) is 0 Å². The fourth-order valence-corrected chi connectivity index (χ4v) is 4.52. The molecular formula is C27H39NO2. The van der Waals surface area contributed by atoms with Gasteiger partial charge in [-0.1, -0.05) is 88.1 Å². The Morgan fingerprint density at radius 3 is 1.90 bits per heavy atom. The molecule has 0 heterocycles. The normalized spacial score (nSPS) is 18.1. The lowest BCUT2D eigenvalue weighted by Crippen LogP contribution is -2.19. The molecule has 0 bridgehead atoms. The predicted octanol–water partition coefficient (Wildman–Crippen LogP) is 7.52. The molecule has 3 heteroatoms. The van der Waals surface area contributed by atoms with Gasteiger partial charge in [0.1, 0.15) is 11.9 Å². The molecule has 1 aliphatic rings. The summed E-state index contributed by atoms with van der Waals surface area (Å²) in [6.07, 6.45) is 14.7. The molecule has 0 aliphatic heterocycles. The lowest BCUT2D eigenvalue weighted by Gasteiger charge is -2.28. The third-order valence-electron chi connectivity index (χ3n) is 6.31. The molecule has 1 N–H and O–H groups in total. The number of benzene rings is 2. The van der Waals surface area contributed by atoms with Gasteiger partial charge in [-0.15, -0.1) is 0 Å². The van der Waals surface area contributed by atoms with Crippen molar-refractivity contribution >= 4 is 5.69 Å². The summed E-state index contributed by atoms with van der Waals surface area (Å²) >= 11 is 0. The smallest absolute Gasteiger partial charge is 0.118 e. The first-order valence-corrected chi connectivity index (χ1v) is 11.9. The van der Waals surface area contributed by atoms with Crippen LogP contribution in [0.25, 0.3) is 0 Å². The fraction of sp³-hybridized carbons (Fsp3) is 0.556. The monoisotopic (exact) mass is 409 g/mol.